The number of nitriles is 1. The number of rotatable bonds is 2. The van der Waals surface area contributed by atoms with E-state index in [9.17, 15) is 9.59 Å². The van der Waals surface area contributed by atoms with Crippen LogP contribution >= 0.6 is 11.6 Å². The average molecular weight is 339 g/mol. The van der Waals surface area contributed by atoms with E-state index in [0.717, 1.165) is 0 Å². The van der Waals surface area contributed by atoms with Gasteiger partial charge in [-0.05, 0) is 36.4 Å². The van der Waals surface area contributed by atoms with Crippen LogP contribution in [0.5, 0.6) is 0 Å². The molecule has 118 valence electrons. The first-order chi connectivity index (χ1) is 11.5. The van der Waals surface area contributed by atoms with Crippen molar-refractivity contribution < 1.29 is 4.79 Å². The number of hydrogen-bond acceptors (Lipinski definition) is 4. The van der Waals surface area contributed by atoms with Gasteiger partial charge in [0.1, 0.15) is 17.3 Å². The Balaban J connectivity index is 2.07. The number of amides is 1. The zero-order chi connectivity index (χ0) is 17.3. The fraction of sp³-hybridized carbons (Fsp3) is 0.0588. The summed E-state index contributed by atoms with van der Waals surface area (Å²) in [7, 11) is 1.55. The Morgan fingerprint density at radius 1 is 1.33 bits per heavy atom. The molecule has 2 heterocycles. The van der Waals surface area contributed by atoms with Gasteiger partial charge in [-0.1, -0.05) is 11.6 Å². The van der Waals surface area contributed by atoms with Gasteiger partial charge in [-0.2, -0.15) is 5.26 Å². The minimum Gasteiger partial charge on any atom is -0.321 e. The lowest BCUT2D eigenvalue weighted by Gasteiger charge is -2.10. The van der Waals surface area contributed by atoms with Crippen LogP contribution in [0, 0.1) is 11.3 Å². The van der Waals surface area contributed by atoms with Gasteiger partial charge in [0, 0.05) is 23.7 Å². The minimum atomic E-state index is -0.611. The van der Waals surface area contributed by atoms with E-state index in [0.29, 0.717) is 16.1 Å². The van der Waals surface area contributed by atoms with Crippen molar-refractivity contribution in [1.29, 1.82) is 5.26 Å². The number of halogens is 1. The second-order valence-corrected chi connectivity index (χ2v) is 5.53. The number of aryl methyl sites for hydroxylation is 1. The van der Waals surface area contributed by atoms with Gasteiger partial charge in [-0.15, -0.1) is 0 Å². The van der Waals surface area contributed by atoms with Crippen molar-refractivity contribution in [2.24, 2.45) is 7.05 Å². The van der Waals surface area contributed by atoms with Crippen LogP contribution in [0.4, 0.5) is 5.69 Å². The molecule has 0 aliphatic rings. The summed E-state index contributed by atoms with van der Waals surface area (Å²) in [5, 5.41) is 12.7. The largest absolute Gasteiger partial charge is 0.321 e. The maximum atomic E-state index is 12.5. The number of nitrogens with zero attached hydrogens (tertiary/aromatic N) is 3. The van der Waals surface area contributed by atoms with Crippen LogP contribution in [0.25, 0.3) is 11.0 Å². The zero-order valence-corrected chi connectivity index (χ0v) is 13.3. The maximum Gasteiger partial charge on any atom is 0.264 e. The molecule has 2 aromatic heterocycles. The number of nitrogens with one attached hydrogen (secondary N) is 1. The molecule has 0 unspecified atom stereocenters. The van der Waals surface area contributed by atoms with E-state index in [4.69, 9.17) is 16.9 Å². The predicted octanol–water partition coefficient (Wildman–Crippen LogP) is 2.71. The molecule has 1 aromatic carbocycles. The second-order valence-electron chi connectivity index (χ2n) is 5.09. The third-order valence-electron chi connectivity index (χ3n) is 3.56. The molecule has 0 aliphatic heterocycles. The van der Waals surface area contributed by atoms with Gasteiger partial charge in [-0.3, -0.25) is 14.2 Å². The summed E-state index contributed by atoms with van der Waals surface area (Å²) in [5.74, 6) is -0.611. The van der Waals surface area contributed by atoms with Crippen molar-refractivity contribution in [3.8, 4) is 6.07 Å². The van der Waals surface area contributed by atoms with Crippen molar-refractivity contribution in [3.05, 3.63) is 69.1 Å². The summed E-state index contributed by atoms with van der Waals surface area (Å²) in [6.45, 7) is 0. The molecule has 1 amide bonds. The lowest BCUT2D eigenvalue weighted by atomic mass is 10.1. The molecule has 0 aliphatic carbocycles. The molecule has 0 bridgehead atoms. The Labute approximate surface area is 141 Å². The fourth-order valence-corrected chi connectivity index (χ4v) is 2.54. The van der Waals surface area contributed by atoms with Gasteiger partial charge >= 0.3 is 0 Å². The molecule has 24 heavy (non-hydrogen) atoms. The lowest BCUT2D eigenvalue weighted by molar-refractivity contribution is 0.102. The van der Waals surface area contributed by atoms with Gasteiger partial charge in [0.25, 0.3) is 11.5 Å². The van der Waals surface area contributed by atoms with Gasteiger partial charge < -0.3 is 5.32 Å². The van der Waals surface area contributed by atoms with Gasteiger partial charge in [0.2, 0.25) is 0 Å². The van der Waals surface area contributed by atoms with Crippen molar-refractivity contribution in [2.45, 2.75) is 0 Å². The monoisotopic (exact) mass is 338 g/mol. The molecular formula is C17H11ClN4O2. The van der Waals surface area contributed by atoms with Gasteiger partial charge in [0.05, 0.1) is 11.3 Å². The summed E-state index contributed by atoms with van der Waals surface area (Å²) in [6.07, 6.45) is 1.58. The van der Waals surface area contributed by atoms with E-state index < -0.39 is 11.5 Å². The number of anilines is 1. The molecule has 3 rings (SSSR count). The number of fused-ring (bicyclic) bond motifs is 1. The Morgan fingerprint density at radius 2 is 2.12 bits per heavy atom. The Hall–Kier alpha value is -3.17. The van der Waals surface area contributed by atoms with Crippen LogP contribution in [0.2, 0.25) is 5.02 Å². The highest BCUT2D eigenvalue weighted by Crippen LogP contribution is 2.21. The van der Waals surface area contributed by atoms with Crippen molar-refractivity contribution in [3.63, 3.8) is 0 Å². The van der Waals surface area contributed by atoms with Crippen LogP contribution in [0.3, 0.4) is 0 Å². The van der Waals surface area contributed by atoms with Crippen LogP contribution in [-0.2, 0) is 7.05 Å². The molecule has 7 heteroatoms. The standard InChI is InChI=1S/C17H11ClN4O2/c1-22-15-10(3-2-6-20-15)7-13(17(22)24)16(23)21-14-8-12(18)5-4-11(14)9-19/h2-8H,1H3,(H,21,23). The molecule has 0 saturated carbocycles. The minimum absolute atomic E-state index is 0.0399. The molecule has 1 N–H and O–H groups in total. The fourth-order valence-electron chi connectivity index (χ4n) is 2.37. The van der Waals surface area contributed by atoms with Crippen LogP contribution in [0.15, 0.2) is 47.4 Å². The Kier molecular flexibility index (Phi) is 4.02. The third-order valence-corrected chi connectivity index (χ3v) is 3.80. The van der Waals surface area contributed by atoms with Crippen LogP contribution in [0.1, 0.15) is 15.9 Å². The van der Waals surface area contributed by atoms with Crippen LogP contribution < -0.4 is 10.9 Å². The van der Waals surface area contributed by atoms with E-state index in [1.54, 1.807) is 31.4 Å². The number of aromatic nitrogens is 2. The highest BCUT2D eigenvalue weighted by Gasteiger charge is 2.16. The highest BCUT2D eigenvalue weighted by molar-refractivity contribution is 6.31. The van der Waals surface area contributed by atoms with Crippen molar-refractivity contribution in [1.82, 2.24) is 9.55 Å². The van der Waals surface area contributed by atoms with Gasteiger partial charge in [0.15, 0.2) is 0 Å². The number of benzene rings is 1. The Morgan fingerprint density at radius 3 is 2.88 bits per heavy atom. The summed E-state index contributed by atoms with van der Waals surface area (Å²) < 4.78 is 1.31. The quantitative estimate of drug-likeness (QED) is 0.778. The smallest absolute Gasteiger partial charge is 0.264 e. The molecule has 0 fully saturated rings. The first-order valence-electron chi connectivity index (χ1n) is 6.97. The third kappa shape index (κ3) is 2.73. The normalized spacial score (nSPS) is 10.4. The van der Waals surface area contributed by atoms with E-state index in [1.165, 1.54) is 22.8 Å². The van der Waals surface area contributed by atoms with Crippen molar-refractivity contribution in [2.75, 3.05) is 5.32 Å². The van der Waals surface area contributed by atoms with Crippen molar-refractivity contribution >= 4 is 34.2 Å². The van der Waals surface area contributed by atoms with Crippen LogP contribution in [-0.4, -0.2) is 15.5 Å². The van der Waals surface area contributed by atoms with E-state index in [-0.39, 0.29) is 16.8 Å². The molecule has 0 spiro atoms. The maximum absolute atomic E-state index is 12.5. The number of hydrogen-bond donors (Lipinski definition) is 1. The SMILES string of the molecule is Cn1c(=O)c(C(=O)Nc2cc(Cl)ccc2C#N)cc2cccnc21. The van der Waals surface area contributed by atoms with Gasteiger partial charge in [-0.25, -0.2) is 4.98 Å². The highest BCUT2D eigenvalue weighted by atomic mass is 35.5. The Bertz CT molecular complexity index is 1070. The lowest BCUT2D eigenvalue weighted by Crippen LogP contribution is -2.28. The summed E-state index contributed by atoms with van der Waals surface area (Å²) >= 11 is 5.90. The topological polar surface area (TPSA) is 87.8 Å². The average Bonchev–Trinajstić information content (AvgIpc) is 2.58. The number of pyridine rings is 2. The molecule has 0 atom stereocenters. The summed E-state index contributed by atoms with van der Waals surface area (Å²) in [6, 6.07) is 11.5. The molecule has 0 saturated heterocycles. The predicted molar refractivity (Wildman–Crippen MR) is 91.1 cm³/mol. The number of carbonyl (C=O) groups is 1. The first kappa shape index (κ1) is 15.7. The molecular weight excluding hydrogens is 328 g/mol. The van der Waals surface area contributed by atoms with E-state index in [2.05, 4.69) is 10.3 Å². The molecule has 0 radical (unpaired) electrons. The second kappa shape index (κ2) is 6.14. The summed E-state index contributed by atoms with van der Waals surface area (Å²) in [5.41, 5.74) is 0.482. The van der Waals surface area contributed by atoms with E-state index >= 15 is 0 Å². The molecule has 3 aromatic rings. The first-order valence-corrected chi connectivity index (χ1v) is 7.35. The summed E-state index contributed by atoms with van der Waals surface area (Å²) in [4.78, 5) is 29.1. The van der Waals surface area contributed by atoms with E-state index in [1.807, 2.05) is 6.07 Å². The zero-order valence-electron chi connectivity index (χ0n) is 12.6. The molecule has 6 nitrogen and oxygen atoms in total. The number of carbonyl (C=O) groups excluding carboxylic acids is 1.